The Bertz CT molecular complexity index is 1320. The zero-order chi connectivity index (χ0) is 24.2. The van der Waals surface area contributed by atoms with Gasteiger partial charge in [0.1, 0.15) is 17.2 Å². The summed E-state index contributed by atoms with van der Waals surface area (Å²) < 4.78 is 15.0. The van der Waals surface area contributed by atoms with Crippen molar-refractivity contribution in [2.24, 2.45) is 0 Å². The first-order valence-electron chi connectivity index (χ1n) is 10.7. The van der Waals surface area contributed by atoms with Crippen LogP contribution in [0.2, 0.25) is 0 Å². The highest BCUT2D eigenvalue weighted by Gasteiger charge is 2.22. The monoisotopic (exact) mass is 458 g/mol. The van der Waals surface area contributed by atoms with Crippen LogP contribution in [0.3, 0.4) is 0 Å². The Morgan fingerprint density at radius 3 is 2.21 bits per heavy atom. The van der Waals surface area contributed by atoms with Crippen LogP contribution in [0.4, 0.5) is 10.1 Å². The molecule has 7 nitrogen and oxygen atoms in total. The topological polar surface area (TPSA) is 90.1 Å². The molecule has 3 aromatic carbocycles. The lowest BCUT2D eigenvalue weighted by atomic mass is 9.98. The number of amides is 1. The molecule has 8 heteroatoms. The predicted molar refractivity (Wildman–Crippen MR) is 126 cm³/mol. The van der Waals surface area contributed by atoms with Crippen molar-refractivity contribution in [2.45, 2.75) is 26.4 Å². The van der Waals surface area contributed by atoms with E-state index in [0.717, 1.165) is 16.7 Å². The normalized spacial score (nSPS) is 11.7. The summed E-state index contributed by atoms with van der Waals surface area (Å²) in [6.07, 6.45) is 0. The molecule has 4 rings (SSSR count). The number of nitro groups is 1. The van der Waals surface area contributed by atoms with Gasteiger partial charge in [0.25, 0.3) is 5.91 Å². The van der Waals surface area contributed by atoms with Crippen molar-refractivity contribution in [2.75, 3.05) is 0 Å². The standard InChI is InChI=1S/C26H23FN4O3/c1-17-25(31(33)34)18(2)30(29-17)16-19-8-10-22(11-9-19)26(32)28-24(20-6-4-3-5-7-20)21-12-14-23(27)15-13-21/h3-15,24H,16H2,1-2H3,(H,28,32). The molecular formula is C26H23FN4O3. The van der Waals surface area contributed by atoms with Gasteiger partial charge in [-0.05, 0) is 54.8 Å². The maximum Gasteiger partial charge on any atom is 0.312 e. The smallest absolute Gasteiger partial charge is 0.312 e. The predicted octanol–water partition coefficient (Wildman–Crippen LogP) is 5.11. The molecule has 0 radical (unpaired) electrons. The van der Waals surface area contributed by atoms with Gasteiger partial charge in [-0.15, -0.1) is 0 Å². The minimum absolute atomic E-state index is 0.0174. The van der Waals surface area contributed by atoms with Gasteiger partial charge in [0.2, 0.25) is 0 Å². The van der Waals surface area contributed by atoms with Crippen LogP contribution in [0.25, 0.3) is 0 Å². The lowest BCUT2D eigenvalue weighted by Gasteiger charge is -2.20. The van der Waals surface area contributed by atoms with Crippen LogP contribution in [0.15, 0.2) is 78.9 Å². The van der Waals surface area contributed by atoms with E-state index in [4.69, 9.17) is 0 Å². The van der Waals surface area contributed by atoms with E-state index in [9.17, 15) is 19.3 Å². The number of benzene rings is 3. The minimum Gasteiger partial charge on any atom is -0.341 e. The van der Waals surface area contributed by atoms with Crippen molar-refractivity contribution in [1.82, 2.24) is 15.1 Å². The second kappa shape index (κ2) is 9.66. The molecule has 0 spiro atoms. The molecule has 0 aliphatic heterocycles. The Morgan fingerprint density at radius 1 is 1.00 bits per heavy atom. The van der Waals surface area contributed by atoms with E-state index in [2.05, 4.69) is 10.4 Å². The van der Waals surface area contributed by atoms with Gasteiger partial charge in [0.15, 0.2) is 0 Å². The van der Waals surface area contributed by atoms with E-state index in [1.165, 1.54) is 12.1 Å². The van der Waals surface area contributed by atoms with Gasteiger partial charge >= 0.3 is 5.69 Å². The van der Waals surface area contributed by atoms with Crippen molar-refractivity contribution in [3.63, 3.8) is 0 Å². The Hall–Kier alpha value is -4.33. The molecule has 0 bridgehead atoms. The van der Waals surface area contributed by atoms with E-state index < -0.39 is 11.0 Å². The lowest BCUT2D eigenvalue weighted by Crippen LogP contribution is -2.29. The van der Waals surface area contributed by atoms with E-state index in [1.807, 2.05) is 30.3 Å². The highest BCUT2D eigenvalue weighted by molar-refractivity contribution is 5.94. The van der Waals surface area contributed by atoms with E-state index in [0.29, 0.717) is 23.5 Å². The van der Waals surface area contributed by atoms with Gasteiger partial charge in [0, 0.05) is 5.56 Å². The summed E-state index contributed by atoms with van der Waals surface area (Å²) >= 11 is 0. The van der Waals surface area contributed by atoms with E-state index >= 15 is 0 Å². The summed E-state index contributed by atoms with van der Waals surface area (Å²) in [5.41, 5.74) is 3.83. The van der Waals surface area contributed by atoms with Crippen molar-refractivity contribution >= 4 is 11.6 Å². The van der Waals surface area contributed by atoms with Gasteiger partial charge in [-0.2, -0.15) is 5.10 Å². The molecule has 0 fully saturated rings. The molecule has 1 unspecified atom stereocenters. The lowest BCUT2D eigenvalue weighted by molar-refractivity contribution is -0.386. The van der Waals surface area contributed by atoms with Crippen molar-refractivity contribution in [3.05, 3.63) is 128 Å². The summed E-state index contributed by atoms with van der Waals surface area (Å²) in [4.78, 5) is 23.8. The number of nitrogens with one attached hydrogen (secondary N) is 1. The fourth-order valence-corrected chi connectivity index (χ4v) is 3.91. The molecule has 172 valence electrons. The van der Waals surface area contributed by atoms with Gasteiger partial charge < -0.3 is 5.32 Å². The van der Waals surface area contributed by atoms with Gasteiger partial charge in [-0.25, -0.2) is 4.39 Å². The first kappa shape index (κ1) is 22.8. The third-order valence-electron chi connectivity index (χ3n) is 5.69. The first-order valence-corrected chi connectivity index (χ1v) is 10.7. The minimum atomic E-state index is -0.441. The molecule has 1 heterocycles. The van der Waals surface area contributed by atoms with Gasteiger partial charge in [-0.3, -0.25) is 19.6 Å². The van der Waals surface area contributed by atoms with Crippen LogP contribution < -0.4 is 5.32 Å². The maximum absolute atomic E-state index is 13.4. The van der Waals surface area contributed by atoms with Crippen LogP contribution in [0.5, 0.6) is 0 Å². The van der Waals surface area contributed by atoms with Crippen LogP contribution in [-0.4, -0.2) is 20.6 Å². The number of carbonyl (C=O) groups is 1. The number of aromatic nitrogens is 2. The third-order valence-corrected chi connectivity index (χ3v) is 5.69. The summed E-state index contributed by atoms with van der Waals surface area (Å²) in [5, 5.41) is 18.5. The Labute approximate surface area is 196 Å². The number of nitrogens with zero attached hydrogens (tertiary/aromatic N) is 3. The highest BCUT2D eigenvalue weighted by Crippen LogP contribution is 2.24. The molecule has 1 N–H and O–H groups in total. The SMILES string of the molecule is Cc1nn(Cc2ccc(C(=O)NC(c3ccccc3)c3ccc(F)cc3)cc2)c(C)c1[N+](=O)[O-]. The second-order valence-corrected chi connectivity index (χ2v) is 8.00. The number of carbonyl (C=O) groups excluding carboxylic acids is 1. The average Bonchev–Trinajstić information content (AvgIpc) is 3.11. The first-order chi connectivity index (χ1) is 16.3. The second-order valence-electron chi connectivity index (χ2n) is 8.00. The van der Waals surface area contributed by atoms with Crippen molar-refractivity contribution in [1.29, 1.82) is 0 Å². The molecule has 1 aromatic heterocycles. The van der Waals surface area contributed by atoms with Crippen molar-refractivity contribution < 1.29 is 14.1 Å². The number of hydrogen-bond donors (Lipinski definition) is 1. The third kappa shape index (κ3) is 4.85. The summed E-state index contributed by atoms with van der Waals surface area (Å²) in [6.45, 7) is 3.63. The number of halogens is 1. The molecular weight excluding hydrogens is 435 g/mol. The Balaban J connectivity index is 1.53. The largest absolute Gasteiger partial charge is 0.341 e. The Kier molecular flexibility index (Phi) is 6.49. The fraction of sp³-hybridized carbons (Fsp3) is 0.154. The molecule has 0 saturated carbocycles. The Morgan fingerprint density at radius 2 is 1.62 bits per heavy atom. The summed E-state index contributed by atoms with van der Waals surface area (Å²) in [6, 6.07) is 22.1. The zero-order valence-corrected chi connectivity index (χ0v) is 18.7. The van der Waals surface area contributed by atoms with Crippen LogP contribution in [0.1, 0.15) is 44.5 Å². The molecule has 34 heavy (non-hydrogen) atoms. The molecule has 0 aliphatic rings. The fourth-order valence-electron chi connectivity index (χ4n) is 3.91. The average molecular weight is 458 g/mol. The zero-order valence-electron chi connectivity index (χ0n) is 18.7. The molecule has 0 saturated heterocycles. The molecule has 0 aliphatic carbocycles. The number of rotatable bonds is 7. The summed E-state index contributed by atoms with van der Waals surface area (Å²) in [5.74, 6) is -0.614. The molecule has 4 aromatic rings. The van der Waals surface area contributed by atoms with E-state index in [1.54, 1.807) is 54.9 Å². The number of aryl methyl sites for hydroxylation is 1. The quantitative estimate of drug-likeness (QED) is 0.308. The van der Waals surface area contributed by atoms with Crippen LogP contribution in [-0.2, 0) is 6.54 Å². The van der Waals surface area contributed by atoms with Gasteiger partial charge in [0.05, 0.1) is 17.5 Å². The highest BCUT2D eigenvalue weighted by atomic mass is 19.1. The number of hydrogen-bond acceptors (Lipinski definition) is 4. The van der Waals surface area contributed by atoms with Crippen LogP contribution >= 0.6 is 0 Å². The van der Waals surface area contributed by atoms with E-state index in [-0.39, 0.29) is 17.4 Å². The summed E-state index contributed by atoms with van der Waals surface area (Å²) in [7, 11) is 0. The molecule has 1 atom stereocenters. The molecule has 1 amide bonds. The van der Waals surface area contributed by atoms with Crippen LogP contribution in [0, 0.1) is 29.8 Å². The van der Waals surface area contributed by atoms with Gasteiger partial charge in [-0.1, -0.05) is 54.6 Å². The maximum atomic E-state index is 13.4. The van der Waals surface area contributed by atoms with Crippen molar-refractivity contribution in [3.8, 4) is 0 Å².